The maximum absolute atomic E-state index is 14.1. The molecular weight excluding hydrogens is 973 g/mol. The number of hydrogen-bond donors (Lipinski definition) is 3. The molecule has 77 heavy (non-hydrogen) atoms. The van der Waals surface area contributed by atoms with Gasteiger partial charge in [0, 0.05) is 123 Å². The molecule has 4 aliphatic heterocycles. The summed E-state index contributed by atoms with van der Waals surface area (Å²) in [5.74, 6) is -0.821. The normalized spacial score (nSPS) is 18.6. The Morgan fingerprint density at radius 2 is 1.61 bits per heavy atom. The average Bonchev–Trinajstić information content (AvgIpc) is 4.12. The number of anilines is 7. The van der Waals surface area contributed by atoms with Gasteiger partial charge in [0.05, 0.1) is 40.5 Å². The van der Waals surface area contributed by atoms with Crippen LogP contribution in [0.3, 0.4) is 0 Å². The summed E-state index contributed by atoms with van der Waals surface area (Å²) in [6, 6.07) is 18.9. The summed E-state index contributed by atoms with van der Waals surface area (Å²) in [6.07, 6.45) is 9.77. The van der Waals surface area contributed by atoms with E-state index in [0.29, 0.717) is 82.2 Å². The van der Waals surface area contributed by atoms with Crippen molar-refractivity contribution in [3.05, 3.63) is 142 Å². The summed E-state index contributed by atoms with van der Waals surface area (Å²) in [6.45, 7) is 21.0. The molecule has 3 N–H and O–H groups in total. The molecule has 0 bridgehead atoms. The molecule has 0 radical (unpaired) electrons. The van der Waals surface area contributed by atoms with Gasteiger partial charge in [0.25, 0.3) is 23.3 Å². The van der Waals surface area contributed by atoms with Crippen LogP contribution in [0.5, 0.6) is 0 Å². The molecule has 398 valence electrons. The van der Waals surface area contributed by atoms with Gasteiger partial charge in [-0.3, -0.25) is 38.8 Å². The number of piperidine rings is 1. The van der Waals surface area contributed by atoms with Crippen LogP contribution in [0.25, 0.3) is 11.3 Å². The third-order valence-corrected chi connectivity index (χ3v) is 16.1. The third kappa shape index (κ3) is 9.36. The average molecular weight is 1040 g/mol. The van der Waals surface area contributed by atoms with Crippen LogP contribution in [-0.2, 0) is 43.3 Å². The van der Waals surface area contributed by atoms with E-state index in [1.54, 1.807) is 54.8 Å². The van der Waals surface area contributed by atoms with Crippen molar-refractivity contribution in [2.24, 2.45) is 12.5 Å². The molecule has 1 aliphatic carbocycles. The van der Waals surface area contributed by atoms with Gasteiger partial charge in [0.2, 0.25) is 5.91 Å². The number of amides is 4. The van der Waals surface area contributed by atoms with E-state index in [9.17, 15) is 29.1 Å². The number of piperazine rings is 1. The van der Waals surface area contributed by atoms with Crippen molar-refractivity contribution in [3.63, 3.8) is 0 Å². The number of aliphatic hydroxyl groups excluding tert-OH is 1. The van der Waals surface area contributed by atoms with Gasteiger partial charge in [-0.15, -0.1) is 0 Å². The van der Waals surface area contributed by atoms with E-state index in [1.165, 1.54) is 26.8 Å². The number of aryl methyl sites for hydroxylation is 1. The van der Waals surface area contributed by atoms with Crippen LogP contribution in [0, 0.1) is 5.41 Å². The van der Waals surface area contributed by atoms with Crippen molar-refractivity contribution in [1.82, 2.24) is 29.0 Å². The first-order valence-corrected chi connectivity index (χ1v) is 26.6. The van der Waals surface area contributed by atoms with Crippen LogP contribution in [0.4, 0.5) is 40.1 Å². The van der Waals surface area contributed by atoms with Crippen molar-refractivity contribution in [3.8, 4) is 11.3 Å². The molecule has 0 saturated carbocycles. The lowest BCUT2D eigenvalue weighted by Crippen LogP contribution is -2.57. The Morgan fingerprint density at radius 3 is 2.35 bits per heavy atom. The third-order valence-electron chi connectivity index (χ3n) is 16.1. The lowest BCUT2D eigenvalue weighted by atomic mass is 9.90. The largest absolute Gasteiger partial charge is 0.392 e. The van der Waals surface area contributed by atoms with Gasteiger partial charge in [0.15, 0.2) is 5.82 Å². The fourth-order valence-corrected chi connectivity index (χ4v) is 12.1. The van der Waals surface area contributed by atoms with E-state index >= 15 is 0 Å². The van der Waals surface area contributed by atoms with Crippen molar-refractivity contribution in [2.45, 2.75) is 97.9 Å². The first kappa shape index (κ1) is 51.2. The van der Waals surface area contributed by atoms with Crippen LogP contribution >= 0.6 is 0 Å². The second-order valence-electron chi connectivity index (χ2n) is 23.0. The highest BCUT2D eigenvalue weighted by atomic mass is 16.3. The molecule has 8 heterocycles. The number of hydrogen-bond acceptors (Lipinski definition) is 13. The van der Waals surface area contributed by atoms with Gasteiger partial charge in [0.1, 0.15) is 11.5 Å². The minimum absolute atomic E-state index is 0.0282. The zero-order valence-electron chi connectivity index (χ0n) is 44.9. The number of rotatable bonds is 11. The molecule has 2 aromatic carbocycles. The fourth-order valence-electron chi connectivity index (χ4n) is 12.1. The molecule has 18 heteroatoms. The Kier molecular flexibility index (Phi) is 13.0. The maximum Gasteiger partial charge on any atom is 0.293 e. The number of pyridine rings is 2. The van der Waals surface area contributed by atoms with Crippen LogP contribution in [0.15, 0.2) is 96.7 Å². The molecule has 4 amide bonds. The van der Waals surface area contributed by atoms with Crippen LogP contribution < -0.4 is 35.8 Å². The second kappa shape index (κ2) is 19.6. The summed E-state index contributed by atoms with van der Waals surface area (Å²) in [5, 5.41) is 17.1. The second-order valence-corrected chi connectivity index (χ2v) is 23.0. The summed E-state index contributed by atoms with van der Waals surface area (Å²) < 4.78 is 3.56. The van der Waals surface area contributed by atoms with Gasteiger partial charge < -0.3 is 34.7 Å². The van der Waals surface area contributed by atoms with Gasteiger partial charge in [-0.05, 0) is 110 Å². The Morgan fingerprint density at radius 1 is 0.844 bits per heavy atom. The van der Waals surface area contributed by atoms with Gasteiger partial charge in [-0.2, -0.15) is 0 Å². The molecule has 18 nitrogen and oxygen atoms in total. The van der Waals surface area contributed by atoms with Crippen molar-refractivity contribution < 1.29 is 24.3 Å². The van der Waals surface area contributed by atoms with Crippen molar-refractivity contribution in [2.75, 3.05) is 69.5 Å². The van der Waals surface area contributed by atoms with Crippen LogP contribution in [-0.4, -0.2) is 109 Å². The van der Waals surface area contributed by atoms with Gasteiger partial charge in [-0.25, -0.2) is 14.9 Å². The number of aromatic nitrogens is 5. The first-order valence-electron chi connectivity index (χ1n) is 26.6. The lowest BCUT2D eigenvalue weighted by Gasteiger charge is -2.47. The Labute approximate surface area is 448 Å². The summed E-state index contributed by atoms with van der Waals surface area (Å²) in [5.41, 5.74) is 8.89. The number of nitrogens with one attached hydrogen (secondary N) is 2. The predicted molar refractivity (Wildman–Crippen MR) is 299 cm³/mol. The maximum atomic E-state index is 14.1. The molecule has 6 aromatic rings. The van der Waals surface area contributed by atoms with Gasteiger partial charge in [-0.1, -0.05) is 41.2 Å². The quantitative estimate of drug-likeness (QED) is 0.0856. The van der Waals surface area contributed by atoms with E-state index in [2.05, 4.69) is 67.2 Å². The molecule has 0 spiro atoms. The highest BCUT2D eigenvalue weighted by Gasteiger charge is 2.40. The van der Waals surface area contributed by atoms with E-state index in [4.69, 9.17) is 4.98 Å². The molecule has 4 aromatic heterocycles. The minimum atomic E-state index is -0.418. The zero-order valence-corrected chi connectivity index (χ0v) is 44.9. The molecule has 2 fully saturated rings. The van der Waals surface area contributed by atoms with Gasteiger partial charge >= 0.3 is 0 Å². The minimum Gasteiger partial charge on any atom is -0.392 e. The van der Waals surface area contributed by atoms with Crippen LogP contribution in [0.2, 0.25) is 0 Å². The van der Waals surface area contributed by atoms with E-state index in [1.807, 2.05) is 57.2 Å². The number of nitrogens with zero attached hydrogens (tertiary/aromatic N) is 10. The van der Waals surface area contributed by atoms with Crippen LogP contribution in [0.1, 0.15) is 108 Å². The lowest BCUT2D eigenvalue weighted by molar-refractivity contribution is -0.111. The monoisotopic (exact) mass is 1040 g/mol. The van der Waals surface area contributed by atoms with E-state index in [-0.39, 0.29) is 46.3 Å². The molecule has 11 rings (SSSR count). The number of fused-ring (bicyclic) bond motifs is 4. The topological polar surface area (TPSA) is 194 Å². The fraction of sp³-hybridized carbons (Fsp3) is 0.390. The molecular formula is C59H66N12O6. The highest BCUT2D eigenvalue weighted by molar-refractivity contribution is 6.34. The zero-order chi connectivity index (χ0) is 54.2. The van der Waals surface area contributed by atoms with E-state index < -0.39 is 12.2 Å². The predicted octanol–water partition coefficient (Wildman–Crippen LogP) is 7.46. The standard InChI is InChI=1S/C59H66N12O6/c1-9-51(73)63-45-27-37(62-52-57(77)65(8)33-46(64-52)41-15-19-61-53(44(41)34-72)70-25-24-69-48(56(70)76)26-36-30-59(6,7)31-49(36)69)10-13-47(45)68-23-22-67(32-35(68)2)38-16-20-66(21-17-38)39-11-12-42-43(28-39)55(75)71(54(42)74)40-14-18-60-50(29-40)58(3,4)5/h9-15,18-19,26-29,33,35,38,72H,1,16-17,20-25,30-32,34H2,2-8H3,(H,62,64)(H,63,73)/t35-/m0/s1. The molecule has 2 saturated heterocycles. The number of carbonyl (C=O) groups is 4. The smallest absolute Gasteiger partial charge is 0.293 e. The number of aliphatic hydroxyl groups is 1. The summed E-state index contributed by atoms with van der Waals surface area (Å²) in [4.78, 5) is 92.1. The number of benzene rings is 2. The molecule has 1 atom stereocenters. The summed E-state index contributed by atoms with van der Waals surface area (Å²) >= 11 is 0. The molecule has 0 unspecified atom stereocenters. The Hall–Kier alpha value is -7.96. The Bertz CT molecular complexity index is 3470. The first-order chi connectivity index (χ1) is 36.8. The highest BCUT2D eigenvalue weighted by Crippen LogP contribution is 2.41. The number of carbonyl (C=O) groups excluding carboxylic acids is 4. The molecule has 5 aliphatic rings. The number of imide groups is 1. The Balaban J connectivity index is 0.765. The SMILES string of the molecule is C=CC(=O)Nc1cc(Nc2nc(-c3ccnc(N4CCn5c(cc6c5CC(C)(C)C6)C4=O)c3CO)cn(C)c2=O)ccc1N1CCN(C2CCN(c3ccc4c(c3)C(=O)N(c3ccnc(C(C)(C)C)c3)C4=O)CC2)C[C@@H]1C. The summed E-state index contributed by atoms with van der Waals surface area (Å²) in [7, 11) is 1.63. The van der Waals surface area contributed by atoms with Crippen molar-refractivity contribution >= 4 is 63.7 Å². The van der Waals surface area contributed by atoms with Crippen molar-refractivity contribution in [1.29, 1.82) is 0 Å². The van der Waals surface area contributed by atoms with E-state index in [0.717, 1.165) is 68.9 Å².